The molecule has 0 spiro atoms. The van der Waals surface area contributed by atoms with Gasteiger partial charge in [-0.2, -0.15) is 0 Å². The summed E-state index contributed by atoms with van der Waals surface area (Å²) in [6, 6.07) is 5.25. The van der Waals surface area contributed by atoms with E-state index in [4.69, 9.17) is 9.26 Å². The van der Waals surface area contributed by atoms with Crippen molar-refractivity contribution in [2.75, 3.05) is 5.32 Å². The normalized spacial score (nSPS) is 15.0. The summed E-state index contributed by atoms with van der Waals surface area (Å²) in [5.74, 6) is 0.295. The van der Waals surface area contributed by atoms with Crippen LogP contribution in [-0.2, 0) is 0 Å². The topological polar surface area (TPSA) is 90.1 Å². The van der Waals surface area contributed by atoms with Gasteiger partial charge in [0, 0.05) is 23.6 Å². The van der Waals surface area contributed by atoms with Crippen LogP contribution in [0.3, 0.4) is 0 Å². The molecule has 7 heteroatoms. The Balaban J connectivity index is 1.55. The van der Waals surface area contributed by atoms with Crippen molar-refractivity contribution in [3.8, 4) is 5.88 Å². The van der Waals surface area contributed by atoms with Gasteiger partial charge in [-0.05, 0) is 51.7 Å². The summed E-state index contributed by atoms with van der Waals surface area (Å²) in [5, 5.41) is 7.47. The third kappa shape index (κ3) is 3.77. The lowest BCUT2D eigenvalue weighted by molar-refractivity contribution is 0.102. The van der Waals surface area contributed by atoms with E-state index in [9.17, 15) is 4.79 Å². The number of anilines is 1. The number of rotatable bonds is 4. The molecule has 0 bridgehead atoms. The van der Waals surface area contributed by atoms with Gasteiger partial charge in [0.25, 0.3) is 11.6 Å². The molecule has 0 unspecified atom stereocenters. The predicted molar refractivity (Wildman–Crippen MR) is 101 cm³/mol. The van der Waals surface area contributed by atoms with Crippen molar-refractivity contribution in [2.24, 2.45) is 0 Å². The first-order chi connectivity index (χ1) is 13.1. The molecule has 1 N–H and O–H groups in total. The molecular weight excluding hydrogens is 344 g/mol. The van der Waals surface area contributed by atoms with Gasteiger partial charge in [-0.25, -0.2) is 9.97 Å². The van der Waals surface area contributed by atoms with Crippen LogP contribution in [0.25, 0.3) is 11.1 Å². The molecule has 1 saturated carbocycles. The summed E-state index contributed by atoms with van der Waals surface area (Å²) < 4.78 is 11.2. The Kier molecular flexibility index (Phi) is 4.75. The van der Waals surface area contributed by atoms with E-state index in [0.717, 1.165) is 12.8 Å². The van der Waals surface area contributed by atoms with E-state index in [1.165, 1.54) is 19.3 Å². The van der Waals surface area contributed by atoms with Gasteiger partial charge in [-0.15, -0.1) is 0 Å². The third-order valence-electron chi connectivity index (χ3n) is 4.82. The highest BCUT2D eigenvalue weighted by Crippen LogP contribution is 2.25. The minimum Gasteiger partial charge on any atom is -0.474 e. The maximum absolute atomic E-state index is 12.9. The molecule has 1 aliphatic rings. The highest BCUT2D eigenvalue weighted by molar-refractivity contribution is 6.12. The van der Waals surface area contributed by atoms with Gasteiger partial charge in [0.05, 0.1) is 16.6 Å². The third-order valence-corrected chi connectivity index (χ3v) is 4.82. The van der Waals surface area contributed by atoms with Crippen molar-refractivity contribution in [1.82, 2.24) is 15.1 Å². The molecule has 3 aromatic rings. The van der Waals surface area contributed by atoms with Crippen molar-refractivity contribution in [1.29, 1.82) is 0 Å². The highest BCUT2D eigenvalue weighted by atomic mass is 16.5. The summed E-state index contributed by atoms with van der Waals surface area (Å²) in [6.07, 6.45) is 7.61. The zero-order chi connectivity index (χ0) is 18.8. The Morgan fingerprint density at radius 3 is 2.85 bits per heavy atom. The minimum atomic E-state index is -0.244. The number of amides is 1. The second-order valence-electron chi connectivity index (χ2n) is 6.97. The molecule has 140 valence electrons. The summed E-state index contributed by atoms with van der Waals surface area (Å²) in [7, 11) is 0. The van der Waals surface area contributed by atoms with Crippen LogP contribution in [0, 0.1) is 13.8 Å². The van der Waals surface area contributed by atoms with Crippen LogP contribution in [0.15, 0.2) is 28.9 Å². The molecule has 0 saturated heterocycles. The van der Waals surface area contributed by atoms with Crippen LogP contribution in [0.1, 0.15) is 53.8 Å². The SMILES string of the molecule is Cc1cc(C(=O)Nc2ccnc(OC3CCCCC3)c2)c2c(C)noc2n1. The molecule has 0 radical (unpaired) electrons. The maximum Gasteiger partial charge on any atom is 0.258 e. The molecule has 0 aromatic carbocycles. The molecule has 3 aromatic heterocycles. The smallest absolute Gasteiger partial charge is 0.258 e. The number of fused-ring (bicyclic) bond motifs is 1. The Hall–Kier alpha value is -2.96. The highest BCUT2D eigenvalue weighted by Gasteiger charge is 2.19. The number of carbonyl (C=O) groups excluding carboxylic acids is 1. The van der Waals surface area contributed by atoms with E-state index in [0.29, 0.717) is 39.6 Å². The van der Waals surface area contributed by atoms with Crippen LogP contribution in [-0.4, -0.2) is 27.1 Å². The standard InChI is InChI=1S/C20H22N4O3/c1-12-10-16(18-13(2)24-27-20(18)22-12)19(25)23-14-8-9-21-17(11-14)26-15-6-4-3-5-7-15/h8-11,15H,3-7H2,1-2H3,(H,21,23,25). The first-order valence-corrected chi connectivity index (χ1v) is 9.28. The summed E-state index contributed by atoms with van der Waals surface area (Å²) in [4.78, 5) is 21.4. The Morgan fingerprint density at radius 2 is 2.04 bits per heavy atom. The van der Waals surface area contributed by atoms with Crippen molar-refractivity contribution in [2.45, 2.75) is 52.1 Å². The Bertz CT molecular complexity index is 977. The summed E-state index contributed by atoms with van der Waals surface area (Å²) >= 11 is 0. The quantitative estimate of drug-likeness (QED) is 0.744. The summed E-state index contributed by atoms with van der Waals surface area (Å²) in [5.41, 5.74) is 2.83. The first-order valence-electron chi connectivity index (χ1n) is 9.28. The number of pyridine rings is 2. The van der Waals surface area contributed by atoms with Gasteiger partial charge >= 0.3 is 0 Å². The van der Waals surface area contributed by atoms with Gasteiger partial charge < -0.3 is 14.6 Å². The van der Waals surface area contributed by atoms with E-state index in [-0.39, 0.29) is 12.0 Å². The molecule has 27 heavy (non-hydrogen) atoms. The fraction of sp³-hybridized carbons (Fsp3) is 0.400. The lowest BCUT2D eigenvalue weighted by Gasteiger charge is -2.22. The molecule has 1 aliphatic carbocycles. The second-order valence-corrected chi connectivity index (χ2v) is 6.97. The Morgan fingerprint density at radius 1 is 1.22 bits per heavy atom. The molecule has 1 fully saturated rings. The fourth-order valence-electron chi connectivity index (χ4n) is 3.50. The van der Waals surface area contributed by atoms with E-state index in [2.05, 4.69) is 20.4 Å². The van der Waals surface area contributed by atoms with Gasteiger partial charge in [0.1, 0.15) is 6.10 Å². The fourth-order valence-corrected chi connectivity index (χ4v) is 3.50. The van der Waals surface area contributed by atoms with Crippen molar-refractivity contribution in [3.05, 3.63) is 41.3 Å². The lowest BCUT2D eigenvalue weighted by atomic mass is 9.98. The van der Waals surface area contributed by atoms with Crippen LogP contribution >= 0.6 is 0 Å². The average Bonchev–Trinajstić information content (AvgIpc) is 3.03. The molecule has 0 aliphatic heterocycles. The molecule has 0 atom stereocenters. The predicted octanol–water partition coefficient (Wildman–Crippen LogP) is 4.20. The van der Waals surface area contributed by atoms with Gasteiger partial charge in [0.15, 0.2) is 0 Å². The largest absolute Gasteiger partial charge is 0.474 e. The number of aryl methyl sites for hydroxylation is 2. The number of nitrogens with one attached hydrogen (secondary N) is 1. The molecule has 4 rings (SSSR count). The number of carbonyl (C=O) groups is 1. The number of nitrogens with zero attached hydrogens (tertiary/aromatic N) is 3. The Labute approximate surface area is 157 Å². The monoisotopic (exact) mass is 366 g/mol. The zero-order valence-corrected chi connectivity index (χ0v) is 15.5. The van der Waals surface area contributed by atoms with E-state index in [1.54, 1.807) is 31.3 Å². The van der Waals surface area contributed by atoms with Gasteiger partial charge in [-0.3, -0.25) is 4.79 Å². The van der Waals surface area contributed by atoms with E-state index >= 15 is 0 Å². The minimum absolute atomic E-state index is 0.208. The van der Waals surface area contributed by atoms with Crippen LogP contribution in [0.4, 0.5) is 5.69 Å². The molecule has 1 amide bonds. The lowest BCUT2D eigenvalue weighted by Crippen LogP contribution is -2.20. The van der Waals surface area contributed by atoms with Crippen LogP contribution in [0.5, 0.6) is 5.88 Å². The van der Waals surface area contributed by atoms with Crippen LogP contribution in [0.2, 0.25) is 0 Å². The number of ether oxygens (including phenoxy) is 1. The number of hydrogen-bond donors (Lipinski definition) is 1. The van der Waals surface area contributed by atoms with E-state index < -0.39 is 0 Å². The molecule has 7 nitrogen and oxygen atoms in total. The van der Waals surface area contributed by atoms with Crippen molar-refractivity contribution in [3.63, 3.8) is 0 Å². The summed E-state index contributed by atoms with van der Waals surface area (Å²) in [6.45, 7) is 3.61. The van der Waals surface area contributed by atoms with Gasteiger partial charge in [-0.1, -0.05) is 11.6 Å². The molecular formula is C20H22N4O3. The number of hydrogen-bond acceptors (Lipinski definition) is 6. The number of aromatic nitrogens is 3. The maximum atomic E-state index is 12.9. The van der Waals surface area contributed by atoms with Crippen molar-refractivity contribution < 1.29 is 14.1 Å². The van der Waals surface area contributed by atoms with E-state index in [1.807, 2.05) is 6.92 Å². The zero-order valence-electron chi connectivity index (χ0n) is 15.5. The van der Waals surface area contributed by atoms with Crippen molar-refractivity contribution >= 4 is 22.7 Å². The molecule has 3 heterocycles. The van der Waals surface area contributed by atoms with Gasteiger partial charge in [0.2, 0.25) is 5.88 Å². The first kappa shape index (κ1) is 17.5. The van der Waals surface area contributed by atoms with Crippen LogP contribution < -0.4 is 10.1 Å². The average molecular weight is 366 g/mol. The second kappa shape index (κ2) is 7.34.